The zero-order chi connectivity index (χ0) is 15.6. The van der Waals surface area contributed by atoms with Crippen molar-refractivity contribution in [3.05, 3.63) is 62.1 Å². The lowest BCUT2D eigenvalue weighted by Crippen LogP contribution is -2.13. The Morgan fingerprint density at radius 1 is 1.33 bits per heavy atom. The largest absolute Gasteiger partial charge is 0.505 e. The van der Waals surface area contributed by atoms with Crippen LogP contribution < -0.4 is 5.32 Å². The van der Waals surface area contributed by atoms with E-state index >= 15 is 0 Å². The molecule has 2 aromatic rings. The molecular formula is C14H11BrN2O4. The highest BCUT2D eigenvalue weighted by molar-refractivity contribution is 9.10. The number of benzene rings is 2. The molecule has 0 spiro atoms. The van der Waals surface area contributed by atoms with Crippen molar-refractivity contribution in [2.45, 2.75) is 6.92 Å². The van der Waals surface area contributed by atoms with Gasteiger partial charge in [-0.15, -0.1) is 0 Å². The van der Waals surface area contributed by atoms with Crippen LogP contribution in [0.25, 0.3) is 0 Å². The lowest BCUT2D eigenvalue weighted by Gasteiger charge is -2.08. The smallest absolute Gasteiger partial charge is 0.296 e. The lowest BCUT2D eigenvalue weighted by molar-refractivity contribution is -0.384. The molecule has 0 heterocycles. The van der Waals surface area contributed by atoms with Crippen LogP contribution in [0.3, 0.4) is 0 Å². The summed E-state index contributed by atoms with van der Waals surface area (Å²) in [5.41, 5.74) is 0.612. The van der Waals surface area contributed by atoms with E-state index in [9.17, 15) is 20.0 Å². The normalized spacial score (nSPS) is 10.2. The quantitative estimate of drug-likeness (QED) is 0.502. The number of nitro benzene ring substituents is 1. The van der Waals surface area contributed by atoms with Crippen LogP contribution in [0, 0.1) is 17.0 Å². The number of amides is 1. The first-order valence-corrected chi connectivity index (χ1v) is 6.72. The van der Waals surface area contributed by atoms with Crippen molar-refractivity contribution >= 4 is 33.2 Å². The standard InChI is InChI=1S/C14H11BrN2O4/c1-8-5-9(7-10(15)6-8)14(19)16-13-11(17(20)21)3-2-4-12(13)18/h2-7,18H,1H3,(H,16,19). The number of carbonyl (C=O) groups is 1. The number of halogens is 1. The monoisotopic (exact) mass is 350 g/mol. The van der Waals surface area contributed by atoms with E-state index in [1.807, 2.05) is 13.0 Å². The number of phenolic OH excluding ortho intramolecular Hbond substituents is 1. The summed E-state index contributed by atoms with van der Waals surface area (Å²) in [4.78, 5) is 22.5. The van der Waals surface area contributed by atoms with Crippen LogP contribution in [0.15, 0.2) is 40.9 Å². The van der Waals surface area contributed by atoms with Crippen LogP contribution in [-0.2, 0) is 0 Å². The Kier molecular flexibility index (Phi) is 4.23. The number of nitro groups is 1. The third-order valence-electron chi connectivity index (χ3n) is 2.76. The molecule has 0 unspecified atom stereocenters. The fourth-order valence-electron chi connectivity index (χ4n) is 1.86. The van der Waals surface area contributed by atoms with Gasteiger partial charge < -0.3 is 10.4 Å². The lowest BCUT2D eigenvalue weighted by atomic mass is 10.1. The number of para-hydroxylation sites is 1. The summed E-state index contributed by atoms with van der Waals surface area (Å²) in [5, 5.41) is 23.0. The Hall–Kier alpha value is -2.41. The van der Waals surface area contributed by atoms with Gasteiger partial charge in [-0.2, -0.15) is 0 Å². The van der Waals surface area contributed by atoms with Crippen LogP contribution in [-0.4, -0.2) is 15.9 Å². The van der Waals surface area contributed by atoms with Crippen molar-refractivity contribution in [2.24, 2.45) is 0 Å². The molecule has 7 heteroatoms. The predicted molar refractivity (Wildman–Crippen MR) is 81.6 cm³/mol. The predicted octanol–water partition coefficient (Wildman–Crippen LogP) is 3.62. The number of anilines is 1. The molecule has 108 valence electrons. The first-order valence-electron chi connectivity index (χ1n) is 5.93. The summed E-state index contributed by atoms with van der Waals surface area (Å²) in [6.45, 7) is 1.82. The molecule has 6 nitrogen and oxygen atoms in total. The average Bonchev–Trinajstić information content (AvgIpc) is 2.39. The third-order valence-corrected chi connectivity index (χ3v) is 3.22. The highest BCUT2D eigenvalue weighted by atomic mass is 79.9. The summed E-state index contributed by atoms with van der Waals surface area (Å²) in [6, 6.07) is 8.89. The second-order valence-electron chi connectivity index (χ2n) is 4.40. The molecule has 0 aromatic heterocycles. The van der Waals surface area contributed by atoms with Gasteiger partial charge in [0.25, 0.3) is 11.6 Å². The van der Waals surface area contributed by atoms with E-state index in [-0.39, 0.29) is 17.1 Å². The zero-order valence-electron chi connectivity index (χ0n) is 11.0. The van der Waals surface area contributed by atoms with Gasteiger partial charge in [-0.1, -0.05) is 22.0 Å². The average molecular weight is 351 g/mol. The molecule has 2 rings (SSSR count). The molecule has 0 aliphatic rings. The number of aromatic hydroxyl groups is 1. The second-order valence-corrected chi connectivity index (χ2v) is 5.32. The zero-order valence-corrected chi connectivity index (χ0v) is 12.5. The Labute approximate surface area is 128 Å². The molecule has 2 aromatic carbocycles. The Morgan fingerprint density at radius 3 is 2.67 bits per heavy atom. The van der Waals surface area contributed by atoms with Crippen LogP contribution in [0.4, 0.5) is 11.4 Å². The molecule has 0 aliphatic carbocycles. The van der Waals surface area contributed by atoms with Crippen molar-refractivity contribution in [3.63, 3.8) is 0 Å². The third kappa shape index (κ3) is 3.38. The fourth-order valence-corrected chi connectivity index (χ4v) is 2.47. The number of nitrogens with one attached hydrogen (secondary N) is 1. The van der Waals surface area contributed by atoms with E-state index in [1.165, 1.54) is 18.2 Å². The number of hydrogen-bond donors (Lipinski definition) is 2. The summed E-state index contributed by atoms with van der Waals surface area (Å²) < 4.78 is 0.722. The Bertz CT molecular complexity index is 711. The van der Waals surface area contributed by atoms with Crippen molar-refractivity contribution in [1.82, 2.24) is 0 Å². The molecule has 0 fully saturated rings. The highest BCUT2D eigenvalue weighted by Crippen LogP contribution is 2.33. The van der Waals surface area contributed by atoms with Gasteiger partial charge in [0.1, 0.15) is 5.75 Å². The minimum absolute atomic E-state index is 0.217. The van der Waals surface area contributed by atoms with Gasteiger partial charge in [-0.25, -0.2) is 0 Å². The van der Waals surface area contributed by atoms with Crippen molar-refractivity contribution in [1.29, 1.82) is 0 Å². The topological polar surface area (TPSA) is 92.5 Å². The maximum Gasteiger partial charge on any atom is 0.296 e. The van der Waals surface area contributed by atoms with E-state index in [1.54, 1.807) is 12.1 Å². The number of phenols is 1. The van der Waals surface area contributed by atoms with E-state index < -0.39 is 10.8 Å². The van der Waals surface area contributed by atoms with Crippen molar-refractivity contribution in [3.8, 4) is 5.75 Å². The summed E-state index contributed by atoms with van der Waals surface area (Å²) in [5.74, 6) is -0.895. The van der Waals surface area contributed by atoms with Crippen LogP contribution >= 0.6 is 15.9 Å². The van der Waals surface area contributed by atoms with Gasteiger partial charge in [0.2, 0.25) is 0 Å². The maximum absolute atomic E-state index is 12.2. The summed E-state index contributed by atoms with van der Waals surface area (Å²) in [7, 11) is 0. The fraction of sp³-hybridized carbons (Fsp3) is 0.0714. The highest BCUT2D eigenvalue weighted by Gasteiger charge is 2.20. The number of hydrogen-bond acceptors (Lipinski definition) is 4. The molecular weight excluding hydrogens is 340 g/mol. The molecule has 0 bridgehead atoms. The molecule has 2 N–H and O–H groups in total. The molecule has 1 amide bonds. The summed E-state index contributed by atoms with van der Waals surface area (Å²) >= 11 is 3.28. The van der Waals surface area contributed by atoms with E-state index in [2.05, 4.69) is 21.2 Å². The van der Waals surface area contributed by atoms with Gasteiger partial charge >= 0.3 is 0 Å². The maximum atomic E-state index is 12.2. The van der Waals surface area contributed by atoms with E-state index in [0.29, 0.717) is 5.56 Å². The Morgan fingerprint density at radius 2 is 2.05 bits per heavy atom. The van der Waals surface area contributed by atoms with Gasteiger partial charge in [0.15, 0.2) is 5.69 Å². The number of aryl methyl sites for hydroxylation is 1. The minimum Gasteiger partial charge on any atom is -0.505 e. The van der Waals surface area contributed by atoms with E-state index in [4.69, 9.17) is 0 Å². The van der Waals surface area contributed by atoms with Gasteiger partial charge in [-0.05, 0) is 36.8 Å². The van der Waals surface area contributed by atoms with E-state index in [0.717, 1.165) is 10.0 Å². The minimum atomic E-state index is -0.665. The van der Waals surface area contributed by atoms with Gasteiger partial charge in [0.05, 0.1) is 4.92 Å². The van der Waals surface area contributed by atoms with Crippen molar-refractivity contribution in [2.75, 3.05) is 5.32 Å². The van der Waals surface area contributed by atoms with Crippen molar-refractivity contribution < 1.29 is 14.8 Å². The molecule has 21 heavy (non-hydrogen) atoms. The van der Waals surface area contributed by atoms with Gasteiger partial charge in [0, 0.05) is 16.1 Å². The molecule has 0 aliphatic heterocycles. The first-order chi connectivity index (χ1) is 9.88. The molecule has 0 atom stereocenters. The van der Waals surface area contributed by atoms with Crippen LogP contribution in [0.5, 0.6) is 5.75 Å². The molecule has 0 saturated carbocycles. The SMILES string of the molecule is Cc1cc(Br)cc(C(=O)Nc2c(O)cccc2[N+](=O)[O-])c1. The second kappa shape index (κ2) is 5.92. The molecule has 0 saturated heterocycles. The number of nitrogens with zero attached hydrogens (tertiary/aromatic N) is 1. The summed E-state index contributed by atoms with van der Waals surface area (Å²) in [6.07, 6.45) is 0. The Balaban J connectivity index is 2.38. The first kappa shape index (κ1) is 15.0. The van der Waals surface area contributed by atoms with Crippen LogP contribution in [0.1, 0.15) is 15.9 Å². The van der Waals surface area contributed by atoms with Gasteiger partial charge in [-0.3, -0.25) is 14.9 Å². The molecule has 0 radical (unpaired) electrons. The van der Waals surface area contributed by atoms with Crippen LogP contribution in [0.2, 0.25) is 0 Å². The number of rotatable bonds is 3. The number of carbonyl (C=O) groups excluding carboxylic acids is 1.